The van der Waals surface area contributed by atoms with Gasteiger partial charge in [-0.1, -0.05) is 18.2 Å². The first-order chi connectivity index (χ1) is 12.5. The third-order valence-electron chi connectivity index (χ3n) is 3.94. The second-order valence-electron chi connectivity index (χ2n) is 5.70. The van der Waals surface area contributed by atoms with Gasteiger partial charge in [0.25, 0.3) is 0 Å². The summed E-state index contributed by atoms with van der Waals surface area (Å²) in [6, 6.07) is 6.91. The molecule has 0 atom stereocenters. The van der Waals surface area contributed by atoms with Gasteiger partial charge in [-0.05, 0) is 35.4 Å². The fraction of sp³-hybridized carbons (Fsp3) is 0.118. The van der Waals surface area contributed by atoms with Crippen molar-refractivity contribution in [2.75, 3.05) is 6.61 Å². The van der Waals surface area contributed by atoms with Crippen molar-refractivity contribution in [1.82, 2.24) is 0 Å². The largest absolute Gasteiger partial charge is 0.457 e. The standard InChI is InChI=1S/C17H11F4NO4S/c18-13-7-10(3-6-14(13)27(22,24)25)12-8-26-16(23)15(12)9-1-4-11(5-2-9)17(19,20)21/h1-7H,8H2,(H2,22,24,25). The summed E-state index contributed by atoms with van der Waals surface area (Å²) in [4.78, 5) is 11.3. The molecule has 2 aromatic carbocycles. The molecule has 0 unspecified atom stereocenters. The summed E-state index contributed by atoms with van der Waals surface area (Å²) in [5.41, 5.74) is -0.369. The van der Waals surface area contributed by atoms with Crippen LogP contribution in [0.5, 0.6) is 0 Å². The number of hydrogen-bond acceptors (Lipinski definition) is 4. The summed E-state index contributed by atoms with van der Waals surface area (Å²) < 4.78 is 79.7. The van der Waals surface area contributed by atoms with E-state index in [1.807, 2.05) is 0 Å². The number of carbonyl (C=O) groups excluding carboxylic acids is 1. The Morgan fingerprint density at radius 2 is 1.59 bits per heavy atom. The number of hydrogen-bond donors (Lipinski definition) is 1. The summed E-state index contributed by atoms with van der Waals surface area (Å²) in [6.45, 7) is -0.233. The van der Waals surface area contributed by atoms with Crippen LogP contribution in [0.1, 0.15) is 16.7 Å². The van der Waals surface area contributed by atoms with E-state index < -0.39 is 38.4 Å². The van der Waals surface area contributed by atoms with E-state index in [2.05, 4.69) is 0 Å². The van der Waals surface area contributed by atoms with Gasteiger partial charge in [-0.25, -0.2) is 22.7 Å². The fourth-order valence-corrected chi connectivity index (χ4v) is 3.26. The van der Waals surface area contributed by atoms with E-state index in [-0.39, 0.29) is 28.9 Å². The molecule has 3 rings (SSSR count). The summed E-state index contributed by atoms with van der Waals surface area (Å²) in [7, 11) is -4.26. The number of ether oxygens (including phenoxy) is 1. The van der Waals surface area contributed by atoms with Gasteiger partial charge in [0.1, 0.15) is 17.3 Å². The lowest BCUT2D eigenvalue weighted by molar-refractivity contribution is -0.137. The van der Waals surface area contributed by atoms with E-state index in [1.165, 1.54) is 6.07 Å². The Balaban J connectivity index is 2.09. The molecule has 0 radical (unpaired) electrons. The molecule has 1 heterocycles. The van der Waals surface area contributed by atoms with Crippen molar-refractivity contribution in [3.05, 3.63) is 65.0 Å². The first kappa shape index (κ1) is 19.1. The highest BCUT2D eigenvalue weighted by Gasteiger charge is 2.32. The molecule has 2 N–H and O–H groups in total. The predicted octanol–water partition coefficient (Wildman–Crippen LogP) is 2.96. The third-order valence-corrected chi connectivity index (χ3v) is 4.89. The maximum absolute atomic E-state index is 14.1. The highest BCUT2D eigenvalue weighted by Crippen LogP contribution is 2.35. The van der Waals surface area contributed by atoms with Crippen molar-refractivity contribution in [1.29, 1.82) is 0 Å². The van der Waals surface area contributed by atoms with Crippen LogP contribution in [-0.2, 0) is 25.7 Å². The van der Waals surface area contributed by atoms with Gasteiger partial charge in [0.05, 0.1) is 11.1 Å². The molecule has 10 heteroatoms. The number of benzene rings is 2. The maximum atomic E-state index is 14.1. The number of carbonyl (C=O) groups is 1. The minimum absolute atomic E-state index is 0.0218. The first-order valence-corrected chi connectivity index (χ1v) is 8.94. The van der Waals surface area contributed by atoms with E-state index >= 15 is 0 Å². The number of esters is 1. The molecule has 0 saturated heterocycles. The molecule has 0 amide bonds. The van der Waals surface area contributed by atoms with Gasteiger partial charge in [-0.2, -0.15) is 13.2 Å². The summed E-state index contributed by atoms with van der Waals surface area (Å²) in [5.74, 6) is -1.89. The Morgan fingerprint density at radius 3 is 2.11 bits per heavy atom. The Kier molecular flexibility index (Phi) is 4.56. The van der Waals surface area contributed by atoms with Crippen LogP contribution in [0.3, 0.4) is 0 Å². The van der Waals surface area contributed by atoms with E-state index in [0.29, 0.717) is 0 Å². The molecule has 142 valence electrons. The zero-order chi connectivity index (χ0) is 20.0. The Labute approximate surface area is 151 Å². The quantitative estimate of drug-likeness (QED) is 0.633. The van der Waals surface area contributed by atoms with Crippen LogP contribution in [0.25, 0.3) is 11.1 Å². The molecule has 0 aliphatic carbocycles. The second kappa shape index (κ2) is 6.46. The molecule has 0 bridgehead atoms. The number of alkyl halides is 3. The molecule has 0 fully saturated rings. The molecular formula is C17H11F4NO4S. The van der Waals surface area contributed by atoms with Gasteiger partial charge >= 0.3 is 12.1 Å². The maximum Gasteiger partial charge on any atom is 0.416 e. The van der Waals surface area contributed by atoms with Gasteiger partial charge in [0.15, 0.2) is 0 Å². The van der Waals surface area contributed by atoms with E-state index in [1.54, 1.807) is 0 Å². The molecule has 27 heavy (non-hydrogen) atoms. The molecule has 1 aliphatic heterocycles. The van der Waals surface area contributed by atoms with Crippen molar-refractivity contribution in [3.8, 4) is 0 Å². The number of cyclic esters (lactones) is 1. The SMILES string of the molecule is NS(=O)(=O)c1ccc(C2=C(c3ccc(C(F)(F)F)cc3)C(=O)OC2)cc1F. The Morgan fingerprint density at radius 1 is 1.00 bits per heavy atom. The lowest BCUT2D eigenvalue weighted by Crippen LogP contribution is -2.14. The van der Waals surface area contributed by atoms with Crippen LogP contribution in [0, 0.1) is 5.82 Å². The van der Waals surface area contributed by atoms with Crippen LogP contribution in [0.2, 0.25) is 0 Å². The van der Waals surface area contributed by atoms with Crippen LogP contribution in [0.15, 0.2) is 47.4 Å². The van der Waals surface area contributed by atoms with Gasteiger partial charge in [0, 0.05) is 5.57 Å². The lowest BCUT2D eigenvalue weighted by atomic mass is 9.96. The van der Waals surface area contributed by atoms with Crippen LogP contribution in [0.4, 0.5) is 17.6 Å². The minimum Gasteiger partial charge on any atom is -0.457 e. The average Bonchev–Trinajstić information content (AvgIpc) is 2.94. The van der Waals surface area contributed by atoms with E-state index in [4.69, 9.17) is 9.88 Å². The molecule has 0 spiro atoms. The summed E-state index contributed by atoms with van der Waals surface area (Å²) in [6.07, 6.45) is -4.53. The van der Waals surface area contributed by atoms with Gasteiger partial charge in [0.2, 0.25) is 10.0 Å². The smallest absolute Gasteiger partial charge is 0.416 e. The number of halogens is 4. The van der Waals surface area contributed by atoms with Crippen LogP contribution in [-0.4, -0.2) is 21.0 Å². The number of sulfonamides is 1. The average molecular weight is 401 g/mol. The van der Waals surface area contributed by atoms with E-state index in [0.717, 1.165) is 36.4 Å². The van der Waals surface area contributed by atoms with E-state index in [9.17, 15) is 30.8 Å². The normalized spacial score (nSPS) is 15.2. The van der Waals surface area contributed by atoms with Gasteiger partial charge < -0.3 is 4.74 Å². The Hall–Kier alpha value is -2.72. The first-order valence-electron chi connectivity index (χ1n) is 7.39. The minimum atomic E-state index is -4.53. The van der Waals surface area contributed by atoms with Gasteiger partial charge in [-0.15, -0.1) is 0 Å². The molecule has 0 saturated carbocycles. The molecular weight excluding hydrogens is 390 g/mol. The zero-order valence-electron chi connectivity index (χ0n) is 13.4. The topological polar surface area (TPSA) is 86.5 Å². The summed E-state index contributed by atoms with van der Waals surface area (Å²) >= 11 is 0. The van der Waals surface area contributed by atoms with Crippen molar-refractivity contribution < 1.29 is 35.5 Å². The van der Waals surface area contributed by atoms with Crippen molar-refractivity contribution in [3.63, 3.8) is 0 Å². The number of rotatable bonds is 3. The van der Waals surface area contributed by atoms with Crippen molar-refractivity contribution in [2.45, 2.75) is 11.1 Å². The summed E-state index contributed by atoms with van der Waals surface area (Å²) in [5, 5.41) is 4.90. The fourth-order valence-electron chi connectivity index (χ4n) is 2.67. The predicted molar refractivity (Wildman–Crippen MR) is 87.0 cm³/mol. The van der Waals surface area contributed by atoms with Gasteiger partial charge in [-0.3, -0.25) is 0 Å². The monoisotopic (exact) mass is 401 g/mol. The third kappa shape index (κ3) is 3.71. The number of primary sulfonamides is 1. The lowest BCUT2D eigenvalue weighted by Gasteiger charge is -2.09. The molecule has 5 nitrogen and oxygen atoms in total. The zero-order valence-corrected chi connectivity index (χ0v) is 14.2. The molecule has 1 aliphatic rings. The van der Waals surface area contributed by atoms with Crippen molar-refractivity contribution >= 4 is 27.1 Å². The van der Waals surface area contributed by atoms with Crippen LogP contribution < -0.4 is 5.14 Å². The second-order valence-corrected chi connectivity index (χ2v) is 7.22. The van der Waals surface area contributed by atoms with Crippen LogP contribution >= 0.6 is 0 Å². The molecule has 0 aromatic heterocycles. The highest BCUT2D eigenvalue weighted by atomic mass is 32.2. The number of nitrogens with two attached hydrogens (primary N) is 1. The van der Waals surface area contributed by atoms with Crippen molar-refractivity contribution in [2.24, 2.45) is 5.14 Å². The molecule has 2 aromatic rings. The Bertz CT molecular complexity index is 1060. The highest BCUT2D eigenvalue weighted by molar-refractivity contribution is 7.89.